The maximum atomic E-state index is 12.6. The number of anilines is 1. The minimum Gasteiger partial charge on any atom is -0.343 e. The van der Waals surface area contributed by atoms with Crippen LogP contribution >= 0.6 is 0 Å². The van der Waals surface area contributed by atoms with Crippen LogP contribution in [0.2, 0.25) is 0 Å². The number of amides is 2. The van der Waals surface area contributed by atoms with Crippen molar-refractivity contribution in [2.24, 2.45) is 0 Å². The van der Waals surface area contributed by atoms with E-state index in [0.29, 0.717) is 30.2 Å². The zero-order valence-electron chi connectivity index (χ0n) is 16.2. The quantitative estimate of drug-likeness (QED) is 0.699. The van der Waals surface area contributed by atoms with Gasteiger partial charge in [0.25, 0.3) is 5.91 Å². The maximum Gasteiger partial charge on any atom is 0.251 e. The molecule has 0 saturated carbocycles. The number of nitrogens with one attached hydrogen (secondary N) is 1. The van der Waals surface area contributed by atoms with Crippen molar-refractivity contribution >= 4 is 17.5 Å². The van der Waals surface area contributed by atoms with Crippen molar-refractivity contribution in [3.8, 4) is 0 Å². The Kier molecular flexibility index (Phi) is 5.37. The summed E-state index contributed by atoms with van der Waals surface area (Å²) in [5.41, 5.74) is 2.65. The molecule has 29 heavy (non-hydrogen) atoms. The first-order valence-corrected chi connectivity index (χ1v) is 9.69. The SMILES string of the molecule is CCc1ccccc1N1CC(c2noc(CNC(=O)c3ccccc3)n2)CC1=O. The Morgan fingerprint density at radius 3 is 2.72 bits per heavy atom. The molecule has 3 aromatic rings. The molecule has 2 heterocycles. The number of carbonyl (C=O) groups is 2. The van der Waals surface area contributed by atoms with Crippen LogP contribution in [0.5, 0.6) is 0 Å². The second-order valence-electron chi connectivity index (χ2n) is 6.98. The first-order chi connectivity index (χ1) is 14.2. The first-order valence-electron chi connectivity index (χ1n) is 9.69. The number of aryl methyl sites for hydroxylation is 1. The molecule has 0 aliphatic carbocycles. The van der Waals surface area contributed by atoms with Crippen LogP contribution in [0, 0.1) is 0 Å². The minimum absolute atomic E-state index is 0.0552. The van der Waals surface area contributed by atoms with Crippen LogP contribution in [0.1, 0.15) is 46.9 Å². The predicted octanol–water partition coefficient (Wildman–Crippen LogP) is 3.08. The van der Waals surface area contributed by atoms with Gasteiger partial charge in [0.1, 0.15) is 0 Å². The molecule has 1 unspecified atom stereocenters. The van der Waals surface area contributed by atoms with E-state index >= 15 is 0 Å². The molecule has 1 saturated heterocycles. The Hall–Kier alpha value is -3.48. The highest BCUT2D eigenvalue weighted by Gasteiger charge is 2.35. The van der Waals surface area contributed by atoms with Gasteiger partial charge in [-0.25, -0.2) is 0 Å². The molecule has 0 radical (unpaired) electrons. The summed E-state index contributed by atoms with van der Waals surface area (Å²) in [5.74, 6) is 0.543. The molecule has 0 spiro atoms. The fourth-order valence-corrected chi connectivity index (χ4v) is 3.54. The zero-order valence-corrected chi connectivity index (χ0v) is 16.2. The van der Waals surface area contributed by atoms with Gasteiger partial charge in [-0.3, -0.25) is 9.59 Å². The molecule has 2 amide bonds. The lowest BCUT2D eigenvalue weighted by Crippen LogP contribution is -2.25. The van der Waals surface area contributed by atoms with Crippen LogP contribution in [-0.4, -0.2) is 28.5 Å². The van der Waals surface area contributed by atoms with Gasteiger partial charge < -0.3 is 14.7 Å². The molecule has 7 nitrogen and oxygen atoms in total. The molecule has 1 atom stereocenters. The highest BCUT2D eigenvalue weighted by atomic mass is 16.5. The average Bonchev–Trinajstić information content (AvgIpc) is 3.39. The Morgan fingerprint density at radius 2 is 1.93 bits per heavy atom. The highest BCUT2D eigenvalue weighted by molar-refractivity contribution is 5.97. The van der Waals surface area contributed by atoms with E-state index in [9.17, 15) is 9.59 Å². The number of benzene rings is 2. The molecule has 4 rings (SSSR count). The number of carbonyl (C=O) groups excluding carboxylic acids is 2. The molecule has 1 N–H and O–H groups in total. The van der Waals surface area contributed by atoms with Gasteiger partial charge in [0.15, 0.2) is 5.82 Å². The lowest BCUT2D eigenvalue weighted by atomic mass is 10.1. The van der Waals surface area contributed by atoms with Crippen LogP contribution in [0.25, 0.3) is 0 Å². The molecule has 2 aromatic carbocycles. The average molecular weight is 390 g/mol. The van der Waals surface area contributed by atoms with E-state index in [0.717, 1.165) is 17.7 Å². The van der Waals surface area contributed by atoms with Gasteiger partial charge in [-0.05, 0) is 30.2 Å². The van der Waals surface area contributed by atoms with Gasteiger partial charge in [-0.1, -0.05) is 48.5 Å². The van der Waals surface area contributed by atoms with Gasteiger partial charge in [0.2, 0.25) is 11.8 Å². The second kappa shape index (κ2) is 8.26. The fraction of sp³-hybridized carbons (Fsp3) is 0.273. The third-order valence-electron chi connectivity index (χ3n) is 5.07. The van der Waals surface area contributed by atoms with Gasteiger partial charge in [-0.2, -0.15) is 4.98 Å². The smallest absolute Gasteiger partial charge is 0.251 e. The topological polar surface area (TPSA) is 88.3 Å². The van der Waals surface area contributed by atoms with Crippen molar-refractivity contribution in [2.75, 3.05) is 11.4 Å². The van der Waals surface area contributed by atoms with E-state index in [2.05, 4.69) is 22.4 Å². The van der Waals surface area contributed by atoms with Gasteiger partial charge in [0.05, 0.1) is 6.54 Å². The zero-order chi connectivity index (χ0) is 20.2. The Balaban J connectivity index is 1.41. The molecular weight excluding hydrogens is 368 g/mol. The van der Waals surface area contributed by atoms with Crippen molar-refractivity contribution in [1.82, 2.24) is 15.5 Å². The molecule has 148 valence electrons. The summed E-state index contributed by atoms with van der Waals surface area (Å²) in [6.45, 7) is 2.74. The largest absolute Gasteiger partial charge is 0.343 e. The van der Waals surface area contributed by atoms with Crippen molar-refractivity contribution in [1.29, 1.82) is 0 Å². The number of para-hydroxylation sites is 1. The summed E-state index contributed by atoms with van der Waals surface area (Å²) >= 11 is 0. The second-order valence-corrected chi connectivity index (χ2v) is 6.98. The summed E-state index contributed by atoms with van der Waals surface area (Å²) in [6, 6.07) is 16.9. The number of aromatic nitrogens is 2. The highest BCUT2D eigenvalue weighted by Crippen LogP contribution is 2.32. The van der Waals surface area contributed by atoms with Gasteiger partial charge in [0, 0.05) is 30.1 Å². The van der Waals surface area contributed by atoms with Gasteiger partial charge >= 0.3 is 0 Å². The third-order valence-corrected chi connectivity index (χ3v) is 5.07. The molecule has 1 aromatic heterocycles. The predicted molar refractivity (Wildman–Crippen MR) is 107 cm³/mol. The molecule has 1 aliphatic heterocycles. The minimum atomic E-state index is -0.205. The van der Waals surface area contributed by atoms with Crippen LogP contribution < -0.4 is 10.2 Å². The van der Waals surface area contributed by atoms with Gasteiger partial charge in [-0.15, -0.1) is 0 Å². The Bertz CT molecular complexity index is 1020. The summed E-state index contributed by atoms with van der Waals surface area (Å²) in [4.78, 5) is 30.9. The standard InChI is InChI=1S/C22H22N4O3/c1-2-15-8-6-7-11-18(15)26-14-17(12-20(26)27)21-24-19(29-25-21)13-23-22(28)16-9-4-3-5-10-16/h3-11,17H,2,12-14H2,1H3,(H,23,28). The Morgan fingerprint density at radius 1 is 1.17 bits per heavy atom. The van der Waals surface area contributed by atoms with Crippen LogP contribution in [0.4, 0.5) is 5.69 Å². The monoisotopic (exact) mass is 390 g/mol. The number of nitrogens with zero attached hydrogens (tertiary/aromatic N) is 3. The maximum absolute atomic E-state index is 12.6. The molecule has 1 aliphatic rings. The summed E-state index contributed by atoms with van der Waals surface area (Å²) < 4.78 is 5.28. The summed E-state index contributed by atoms with van der Waals surface area (Å²) in [6.07, 6.45) is 1.20. The molecule has 1 fully saturated rings. The number of rotatable bonds is 6. The number of hydrogen-bond acceptors (Lipinski definition) is 5. The summed E-state index contributed by atoms with van der Waals surface area (Å²) in [7, 11) is 0. The lowest BCUT2D eigenvalue weighted by molar-refractivity contribution is -0.117. The third kappa shape index (κ3) is 4.03. The first kappa shape index (κ1) is 18.9. The van der Waals surface area contributed by atoms with Crippen LogP contribution in [0.15, 0.2) is 59.1 Å². The van der Waals surface area contributed by atoms with E-state index in [-0.39, 0.29) is 24.3 Å². The summed E-state index contributed by atoms with van der Waals surface area (Å²) in [5, 5.41) is 6.80. The number of hydrogen-bond donors (Lipinski definition) is 1. The van der Waals surface area contributed by atoms with Crippen molar-refractivity contribution < 1.29 is 14.1 Å². The van der Waals surface area contributed by atoms with E-state index in [1.165, 1.54) is 0 Å². The Labute approximate surface area is 168 Å². The van der Waals surface area contributed by atoms with E-state index in [1.54, 1.807) is 29.2 Å². The van der Waals surface area contributed by atoms with Crippen molar-refractivity contribution in [3.63, 3.8) is 0 Å². The van der Waals surface area contributed by atoms with Crippen molar-refractivity contribution in [2.45, 2.75) is 32.2 Å². The molecule has 7 heteroatoms. The normalized spacial score (nSPS) is 16.2. The molecular formula is C22H22N4O3. The fourth-order valence-electron chi connectivity index (χ4n) is 3.54. The van der Waals surface area contributed by atoms with E-state index in [1.807, 2.05) is 30.3 Å². The molecule has 0 bridgehead atoms. The lowest BCUT2D eigenvalue weighted by Gasteiger charge is -2.19. The van der Waals surface area contributed by atoms with Crippen LogP contribution in [-0.2, 0) is 17.8 Å². The van der Waals surface area contributed by atoms with Crippen molar-refractivity contribution in [3.05, 3.63) is 77.4 Å². The van der Waals surface area contributed by atoms with E-state index in [4.69, 9.17) is 4.52 Å². The van der Waals surface area contributed by atoms with E-state index < -0.39 is 0 Å². The van der Waals surface area contributed by atoms with Crippen LogP contribution in [0.3, 0.4) is 0 Å².